The fourth-order valence-electron chi connectivity index (χ4n) is 3.12. The van der Waals surface area contributed by atoms with Crippen LogP contribution in [0.4, 0.5) is 5.69 Å². The zero-order valence-corrected chi connectivity index (χ0v) is 21.5. The zero-order chi connectivity index (χ0) is 24.7. The Balaban J connectivity index is 1.86. The standard InChI is InChI=1S/C27H24BrClN2O3/c1-4-33-25-13-20(22(28)14-26(25)34-16-19-10-8-17(2)9-11-19)12-21(15-30)27(32)31-24-7-5-6-23(29)18(24)3/h5-14H,4,16H2,1-3H3,(H,31,32)/b21-12+. The smallest absolute Gasteiger partial charge is 0.266 e. The van der Waals surface area contributed by atoms with Crippen LogP contribution >= 0.6 is 27.5 Å². The van der Waals surface area contributed by atoms with Gasteiger partial charge in [-0.05, 0) is 67.8 Å². The molecule has 7 heteroatoms. The molecule has 0 spiro atoms. The first-order valence-corrected chi connectivity index (χ1v) is 11.8. The molecule has 5 nitrogen and oxygen atoms in total. The molecule has 0 heterocycles. The fraction of sp³-hybridized carbons (Fsp3) is 0.185. The van der Waals surface area contributed by atoms with E-state index in [1.165, 1.54) is 11.6 Å². The highest BCUT2D eigenvalue weighted by molar-refractivity contribution is 9.10. The Labute approximate surface area is 213 Å². The number of nitrogens with zero attached hydrogens (tertiary/aromatic N) is 1. The van der Waals surface area contributed by atoms with E-state index in [0.29, 0.717) is 45.5 Å². The molecule has 3 rings (SSSR count). The van der Waals surface area contributed by atoms with E-state index in [4.69, 9.17) is 21.1 Å². The number of anilines is 1. The van der Waals surface area contributed by atoms with Crippen LogP contribution in [-0.4, -0.2) is 12.5 Å². The summed E-state index contributed by atoms with van der Waals surface area (Å²) in [5, 5.41) is 12.9. The average molecular weight is 540 g/mol. The molecule has 0 fully saturated rings. The van der Waals surface area contributed by atoms with E-state index in [2.05, 4.69) is 21.2 Å². The van der Waals surface area contributed by atoms with E-state index in [0.717, 1.165) is 11.1 Å². The van der Waals surface area contributed by atoms with Gasteiger partial charge < -0.3 is 14.8 Å². The Bertz CT molecular complexity index is 1260. The van der Waals surface area contributed by atoms with Crippen LogP contribution in [0.1, 0.15) is 29.2 Å². The molecule has 174 valence electrons. The monoisotopic (exact) mass is 538 g/mol. The number of hydrogen-bond acceptors (Lipinski definition) is 4. The first-order chi connectivity index (χ1) is 16.3. The number of carbonyl (C=O) groups is 1. The molecule has 0 saturated heterocycles. The van der Waals surface area contributed by atoms with Crippen molar-refractivity contribution in [1.82, 2.24) is 0 Å². The molecular weight excluding hydrogens is 516 g/mol. The summed E-state index contributed by atoms with van der Waals surface area (Å²) in [4.78, 5) is 12.8. The summed E-state index contributed by atoms with van der Waals surface area (Å²) in [7, 11) is 0. The SMILES string of the molecule is CCOc1cc(/C=C(\C#N)C(=O)Nc2cccc(Cl)c2C)c(Br)cc1OCc1ccc(C)cc1. The van der Waals surface area contributed by atoms with Gasteiger partial charge in [-0.2, -0.15) is 5.26 Å². The number of aryl methyl sites for hydroxylation is 1. The van der Waals surface area contributed by atoms with Gasteiger partial charge in [-0.3, -0.25) is 4.79 Å². The summed E-state index contributed by atoms with van der Waals surface area (Å²) >= 11 is 9.66. The van der Waals surface area contributed by atoms with E-state index in [9.17, 15) is 10.1 Å². The van der Waals surface area contributed by atoms with Gasteiger partial charge in [0.1, 0.15) is 18.2 Å². The maximum Gasteiger partial charge on any atom is 0.266 e. The number of nitrogens with one attached hydrogen (secondary N) is 1. The minimum absolute atomic E-state index is 0.0594. The molecule has 3 aromatic carbocycles. The van der Waals surface area contributed by atoms with Gasteiger partial charge in [0.05, 0.1) is 6.61 Å². The first-order valence-electron chi connectivity index (χ1n) is 10.6. The van der Waals surface area contributed by atoms with Crippen molar-refractivity contribution in [1.29, 1.82) is 5.26 Å². The van der Waals surface area contributed by atoms with Gasteiger partial charge in [0.15, 0.2) is 11.5 Å². The molecule has 34 heavy (non-hydrogen) atoms. The Morgan fingerprint density at radius 1 is 1.12 bits per heavy atom. The molecule has 1 N–H and O–H groups in total. The number of rotatable bonds is 8. The lowest BCUT2D eigenvalue weighted by atomic mass is 10.1. The number of benzene rings is 3. The molecule has 0 radical (unpaired) electrons. The van der Waals surface area contributed by atoms with Crippen molar-refractivity contribution in [2.45, 2.75) is 27.4 Å². The summed E-state index contributed by atoms with van der Waals surface area (Å²) in [6.07, 6.45) is 1.51. The van der Waals surface area contributed by atoms with Gasteiger partial charge in [-0.15, -0.1) is 0 Å². The van der Waals surface area contributed by atoms with Crippen molar-refractivity contribution in [3.8, 4) is 17.6 Å². The lowest BCUT2D eigenvalue weighted by Crippen LogP contribution is -2.14. The maximum atomic E-state index is 12.8. The Kier molecular flexibility index (Phi) is 8.75. The van der Waals surface area contributed by atoms with E-state index in [1.807, 2.05) is 44.2 Å². The lowest BCUT2D eigenvalue weighted by Gasteiger charge is -2.14. The average Bonchev–Trinajstić information content (AvgIpc) is 2.82. The topological polar surface area (TPSA) is 71.3 Å². The number of hydrogen-bond donors (Lipinski definition) is 1. The van der Waals surface area contributed by atoms with Crippen molar-refractivity contribution in [3.05, 3.63) is 91.9 Å². The van der Waals surface area contributed by atoms with Crippen LogP contribution in [0.15, 0.2) is 64.6 Å². The molecule has 0 aliphatic carbocycles. The van der Waals surface area contributed by atoms with Crippen LogP contribution in [0.25, 0.3) is 6.08 Å². The molecule has 0 aromatic heterocycles. The predicted octanol–water partition coefficient (Wildman–Crippen LogP) is 7.24. The molecule has 0 aliphatic heterocycles. The summed E-state index contributed by atoms with van der Waals surface area (Å²) in [5.74, 6) is 0.550. The summed E-state index contributed by atoms with van der Waals surface area (Å²) < 4.78 is 12.4. The van der Waals surface area contributed by atoms with E-state index in [1.54, 1.807) is 37.3 Å². The Morgan fingerprint density at radius 2 is 1.82 bits per heavy atom. The molecule has 0 aliphatic rings. The number of nitriles is 1. The Hall–Kier alpha value is -3.27. The molecule has 0 saturated carbocycles. The van der Waals surface area contributed by atoms with Crippen molar-refractivity contribution >= 4 is 45.2 Å². The fourth-order valence-corrected chi connectivity index (χ4v) is 3.74. The van der Waals surface area contributed by atoms with Crippen LogP contribution in [0.5, 0.6) is 11.5 Å². The zero-order valence-electron chi connectivity index (χ0n) is 19.1. The number of ether oxygens (including phenoxy) is 2. The van der Waals surface area contributed by atoms with Crippen LogP contribution in [0.2, 0.25) is 5.02 Å². The van der Waals surface area contributed by atoms with Gasteiger partial charge in [-0.1, -0.05) is 63.4 Å². The quantitative estimate of drug-likeness (QED) is 0.242. The van der Waals surface area contributed by atoms with Gasteiger partial charge in [-0.25, -0.2) is 0 Å². The highest BCUT2D eigenvalue weighted by Gasteiger charge is 2.15. The molecule has 3 aromatic rings. The molecule has 0 bridgehead atoms. The van der Waals surface area contributed by atoms with E-state index < -0.39 is 5.91 Å². The van der Waals surface area contributed by atoms with E-state index in [-0.39, 0.29) is 5.57 Å². The third-order valence-corrected chi connectivity index (χ3v) is 6.15. The Morgan fingerprint density at radius 3 is 2.50 bits per heavy atom. The van der Waals surface area contributed by atoms with Gasteiger partial charge >= 0.3 is 0 Å². The highest BCUT2D eigenvalue weighted by atomic mass is 79.9. The van der Waals surface area contributed by atoms with Gasteiger partial charge in [0.25, 0.3) is 5.91 Å². The molecule has 0 atom stereocenters. The highest BCUT2D eigenvalue weighted by Crippen LogP contribution is 2.35. The third-order valence-electron chi connectivity index (χ3n) is 5.06. The number of carbonyl (C=O) groups excluding carboxylic acids is 1. The second kappa shape index (κ2) is 11.7. The van der Waals surface area contributed by atoms with Crippen LogP contribution in [0.3, 0.4) is 0 Å². The van der Waals surface area contributed by atoms with Crippen LogP contribution in [0, 0.1) is 25.2 Å². The number of halogens is 2. The predicted molar refractivity (Wildman–Crippen MR) is 139 cm³/mol. The van der Waals surface area contributed by atoms with Gasteiger partial charge in [0.2, 0.25) is 0 Å². The van der Waals surface area contributed by atoms with E-state index >= 15 is 0 Å². The minimum Gasteiger partial charge on any atom is -0.490 e. The summed E-state index contributed by atoms with van der Waals surface area (Å²) in [5.41, 5.74) is 4.04. The lowest BCUT2D eigenvalue weighted by molar-refractivity contribution is -0.112. The first kappa shape index (κ1) is 25.4. The minimum atomic E-state index is -0.530. The normalized spacial score (nSPS) is 11.0. The van der Waals surface area contributed by atoms with Crippen molar-refractivity contribution in [2.75, 3.05) is 11.9 Å². The van der Waals surface area contributed by atoms with Gasteiger partial charge in [0, 0.05) is 15.2 Å². The molecular formula is C27H24BrClN2O3. The largest absolute Gasteiger partial charge is 0.490 e. The second-order valence-corrected chi connectivity index (χ2v) is 8.83. The third kappa shape index (κ3) is 6.40. The van der Waals surface area contributed by atoms with Crippen molar-refractivity contribution < 1.29 is 14.3 Å². The van der Waals surface area contributed by atoms with Crippen LogP contribution in [-0.2, 0) is 11.4 Å². The van der Waals surface area contributed by atoms with Crippen LogP contribution < -0.4 is 14.8 Å². The van der Waals surface area contributed by atoms with Crippen molar-refractivity contribution in [3.63, 3.8) is 0 Å². The molecule has 1 amide bonds. The van der Waals surface area contributed by atoms with Crippen molar-refractivity contribution in [2.24, 2.45) is 0 Å². The summed E-state index contributed by atoms with van der Waals surface area (Å²) in [6.45, 7) is 6.53. The summed E-state index contributed by atoms with van der Waals surface area (Å²) in [6, 6.07) is 18.8. The number of amides is 1. The second-order valence-electron chi connectivity index (χ2n) is 7.56. The molecule has 0 unspecified atom stereocenters. The maximum absolute atomic E-state index is 12.8.